The van der Waals surface area contributed by atoms with Gasteiger partial charge in [0.1, 0.15) is 0 Å². The van der Waals surface area contributed by atoms with Crippen LogP contribution in [0.25, 0.3) is 0 Å². The van der Waals surface area contributed by atoms with Gasteiger partial charge < -0.3 is 19.1 Å². The van der Waals surface area contributed by atoms with Gasteiger partial charge in [-0.25, -0.2) is 8.42 Å². The third-order valence-corrected chi connectivity index (χ3v) is 9.24. The van der Waals surface area contributed by atoms with E-state index in [4.69, 9.17) is 14.2 Å². The predicted octanol–water partition coefficient (Wildman–Crippen LogP) is 5.03. The molecule has 0 saturated heterocycles. The molecule has 1 aromatic heterocycles. The second kappa shape index (κ2) is 12.5. The van der Waals surface area contributed by atoms with Crippen LogP contribution in [0.5, 0.6) is 11.5 Å². The van der Waals surface area contributed by atoms with Gasteiger partial charge in [0.15, 0.2) is 11.5 Å². The molecule has 0 N–H and O–H groups in total. The van der Waals surface area contributed by atoms with E-state index in [1.165, 1.54) is 4.31 Å². The fraction of sp³-hybridized carbons (Fsp3) is 0.414. The highest BCUT2D eigenvalue weighted by atomic mass is 32.2. The average molecular weight is 573 g/mol. The van der Waals surface area contributed by atoms with E-state index in [0.717, 1.165) is 16.0 Å². The van der Waals surface area contributed by atoms with Crippen molar-refractivity contribution in [2.24, 2.45) is 0 Å². The van der Waals surface area contributed by atoms with E-state index in [0.29, 0.717) is 37.6 Å². The van der Waals surface area contributed by atoms with Crippen LogP contribution < -0.4 is 9.47 Å². The second-order valence-corrected chi connectivity index (χ2v) is 13.4. The van der Waals surface area contributed by atoms with Crippen LogP contribution in [0.4, 0.5) is 0 Å². The third kappa shape index (κ3) is 7.39. The Morgan fingerprint density at radius 3 is 2.44 bits per heavy atom. The molecule has 3 aromatic rings. The van der Waals surface area contributed by atoms with E-state index in [-0.39, 0.29) is 36.1 Å². The largest absolute Gasteiger partial charge is 0.454 e. The number of carbonyl (C=O) groups is 1. The number of rotatable bonds is 12. The molecule has 0 fully saturated rings. The summed E-state index contributed by atoms with van der Waals surface area (Å²) in [7, 11) is -2.35. The van der Waals surface area contributed by atoms with E-state index < -0.39 is 10.0 Å². The summed E-state index contributed by atoms with van der Waals surface area (Å²) in [6.07, 6.45) is 0.468. The second-order valence-electron chi connectivity index (χ2n) is 10.5. The summed E-state index contributed by atoms with van der Waals surface area (Å²) >= 11 is 1.55. The molecule has 1 aliphatic heterocycles. The van der Waals surface area contributed by atoms with Crippen LogP contribution >= 0.6 is 11.3 Å². The molecule has 1 amide bonds. The highest BCUT2D eigenvalue weighted by Gasteiger charge is 2.29. The normalized spacial score (nSPS) is 13.2. The Balaban J connectivity index is 1.58. The number of hydrogen-bond donors (Lipinski definition) is 0. The van der Waals surface area contributed by atoms with Crippen LogP contribution in [-0.2, 0) is 38.1 Å². The van der Waals surface area contributed by atoms with Gasteiger partial charge in [-0.3, -0.25) is 4.79 Å². The van der Waals surface area contributed by atoms with Crippen LogP contribution in [0.1, 0.15) is 43.2 Å². The van der Waals surface area contributed by atoms with E-state index in [9.17, 15) is 13.2 Å². The number of thiophene rings is 1. The molecule has 0 spiro atoms. The molecule has 0 radical (unpaired) electrons. The number of amides is 1. The van der Waals surface area contributed by atoms with Crippen LogP contribution in [-0.4, -0.2) is 57.1 Å². The molecule has 0 saturated carbocycles. The van der Waals surface area contributed by atoms with Gasteiger partial charge in [-0.1, -0.05) is 45.0 Å². The Kier molecular flexibility index (Phi) is 9.32. The molecule has 10 heteroatoms. The monoisotopic (exact) mass is 572 g/mol. The number of benzene rings is 2. The van der Waals surface area contributed by atoms with Gasteiger partial charge in [-0.15, -0.1) is 11.3 Å². The Morgan fingerprint density at radius 1 is 1.03 bits per heavy atom. The Labute approximate surface area is 235 Å². The van der Waals surface area contributed by atoms with Crippen molar-refractivity contribution in [2.45, 2.75) is 50.6 Å². The first-order valence-corrected chi connectivity index (χ1v) is 15.2. The molecule has 4 rings (SSSR count). The van der Waals surface area contributed by atoms with Gasteiger partial charge in [0, 0.05) is 31.7 Å². The number of fused-ring (bicyclic) bond motifs is 1. The van der Waals surface area contributed by atoms with Crippen molar-refractivity contribution in [3.8, 4) is 11.5 Å². The van der Waals surface area contributed by atoms with Crippen molar-refractivity contribution in [3.63, 3.8) is 0 Å². The zero-order chi connectivity index (χ0) is 28.0. The molecule has 0 aliphatic carbocycles. The fourth-order valence-electron chi connectivity index (χ4n) is 4.28. The Bertz CT molecular complexity index is 1350. The number of carbonyl (C=O) groups excluding carboxylic acids is 1. The lowest BCUT2D eigenvalue weighted by atomic mass is 9.87. The first-order chi connectivity index (χ1) is 18.6. The topological polar surface area (TPSA) is 85.4 Å². The fourth-order valence-corrected chi connectivity index (χ4v) is 6.43. The molecule has 2 heterocycles. The van der Waals surface area contributed by atoms with Gasteiger partial charge in [-0.2, -0.15) is 4.31 Å². The van der Waals surface area contributed by atoms with Crippen LogP contribution in [0, 0.1) is 0 Å². The summed E-state index contributed by atoms with van der Waals surface area (Å²) < 4.78 is 44.8. The summed E-state index contributed by atoms with van der Waals surface area (Å²) in [6, 6.07) is 16.4. The molecular formula is C29H36N2O6S2. The molecule has 210 valence electrons. The molecule has 8 nitrogen and oxygen atoms in total. The molecule has 0 unspecified atom stereocenters. The summed E-state index contributed by atoms with van der Waals surface area (Å²) in [6.45, 7) is 7.36. The van der Waals surface area contributed by atoms with Crippen molar-refractivity contribution in [2.75, 3.05) is 33.6 Å². The maximum atomic E-state index is 13.8. The van der Waals surface area contributed by atoms with Gasteiger partial charge in [0.25, 0.3) is 0 Å². The number of ether oxygens (including phenoxy) is 3. The van der Waals surface area contributed by atoms with Gasteiger partial charge >= 0.3 is 0 Å². The Morgan fingerprint density at radius 2 is 1.77 bits per heavy atom. The number of nitrogens with zero attached hydrogens (tertiary/aromatic N) is 2. The van der Waals surface area contributed by atoms with Crippen molar-refractivity contribution in [1.82, 2.24) is 9.21 Å². The van der Waals surface area contributed by atoms with Gasteiger partial charge in [0.2, 0.25) is 22.7 Å². The molecular weight excluding hydrogens is 536 g/mol. The molecule has 1 aliphatic rings. The highest BCUT2D eigenvalue weighted by molar-refractivity contribution is 7.89. The smallest absolute Gasteiger partial charge is 0.243 e. The van der Waals surface area contributed by atoms with E-state index in [2.05, 4.69) is 20.8 Å². The first-order valence-electron chi connectivity index (χ1n) is 12.9. The number of hydrogen-bond acceptors (Lipinski definition) is 7. The minimum Gasteiger partial charge on any atom is -0.454 e. The quantitative estimate of drug-likeness (QED) is 0.283. The summed E-state index contributed by atoms with van der Waals surface area (Å²) in [5.41, 5.74) is 1.80. The van der Waals surface area contributed by atoms with Gasteiger partial charge in [0.05, 0.1) is 18.0 Å². The van der Waals surface area contributed by atoms with E-state index in [1.54, 1.807) is 35.5 Å². The maximum Gasteiger partial charge on any atom is 0.243 e. The first kappa shape index (κ1) is 29.1. The molecule has 2 aromatic carbocycles. The highest BCUT2D eigenvalue weighted by Crippen LogP contribution is 2.33. The van der Waals surface area contributed by atoms with Crippen LogP contribution in [0.3, 0.4) is 0 Å². The Hall–Kier alpha value is -2.92. The van der Waals surface area contributed by atoms with Crippen molar-refractivity contribution < 1.29 is 27.4 Å². The minimum atomic E-state index is -3.92. The minimum absolute atomic E-state index is 0.104. The maximum absolute atomic E-state index is 13.8. The van der Waals surface area contributed by atoms with Crippen molar-refractivity contribution in [1.29, 1.82) is 0 Å². The lowest BCUT2D eigenvalue weighted by molar-refractivity contribution is -0.132. The lowest BCUT2D eigenvalue weighted by Crippen LogP contribution is -2.43. The number of methoxy groups -OCH3 is 1. The summed E-state index contributed by atoms with van der Waals surface area (Å²) in [5.74, 6) is 1.02. The van der Waals surface area contributed by atoms with Crippen molar-refractivity contribution in [3.05, 3.63) is 76.0 Å². The lowest BCUT2D eigenvalue weighted by Gasteiger charge is -2.27. The summed E-state index contributed by atoms with van der Waals surface area (Å²) in [5, 5.41) is 1.96. The molecule has 0 bridgehead atoms. The van der Waals surface area contributed by atoms with Crippen molar-refractivity contribution >= 4 is 27.3 Å². The predicted molar refractivity (Wildman–Crippen MR) is 152 cm³/mol. The molecule has 0 atom stereocenters. The average Bonchev–Trinajstić information content (AvgIpc) is 3.59. The van der Waals surface area contributed by atoms with Crippen LogP contribution in [0.2, 0.25) is 0 Å². The van der Waals surface area contributed by atoms with Gasteiger partial charge in [-0.05, 0) is 58.7 Å². The SMILES string of the molecule is COCCCN(CC(=O)N(Cc1ccc2c(c1)OCO2)Cc1cccs1)S(=O)(=O)c1ccc(C(C)(C)C)cc1. The van der Waals surface area contributed by atoms with E-state index >= 15 is 0 Å². The zero-order valence-electron chi connectivity index (χ0n) is 22.9. The standard InChI is InChI=1S/C29H36N2O6S2/c1-29(2,3)23-9-11-25(12-10-23)39(33,34)31(14-6-15-35-4)20-28(32)30(19-24-7-5-16-38-24)18-22-8-13-26-27(17-22)37-21-36-26/h5,7-13,16-17H,6,14-15,18-21H2,1-4H3. The van der Waals surface area contributed by atoms with Crippen LogP contribution in [0.15, 0.2) is 64.9 Å². The van der Waals surface area contributed by atoms with E-state index in [1.807, 2.05) is 47.8 Å². The third-order valence-electron chi connectivity index (χ3n) is 6.52. The summed E-state index contributed by atoms with van der Waals surface area (Å²) in [4.78, 5) is 16.6. The molecule has 39 heavy (non-hydrogen) atoms. The number of sulfonamides is 1. The zero-order valence-corrected chi connectivity index (χ0v) is 24.5.